The number of fused-ring (bicyclic) bond motifs is 1. The Balaban J connectivity index is 1.50. The van der Waals surface area contributed by atoms with Crippen molar-refractivity contribution >= 4 is 15.7 Å². The first-order chi connectivity index (χ1) is 12.5. The van der Waals surface area contributed by atoms with Gasteiger partial charge in [-0.15, -0.1) is 0 Å². The molecule has 1 aliphatic heterocycles. The molecule has 1 aromatic carbocycles. The molecule has 0 saturated heterocycles. The number of benzene rings is 1. The second kappa shape index (κ2) is 8.18. The predicted octanol–water partition coefficient (Wildman–Crippen LogP) is 1.38. The zero-order valence-corrected chi connectivity index (χ0v) is 15.0. The Bertz CT molecular complexity index is 868. The van der Waals surface area contributed by atoms with Crippen LogP contribution in [0.3, 0.4) is 0 Å². The van der Waals surface area contributed by atoms with Gasteiger partial charge in [0.2, 0.25) is 5.91 Å². The van der Waals surface area contributed by atoms with Gasteiger partial charge in [0.05, 0.1) is 10.6 Å². The summed E-state index contributed by atoms with van der Waals surface area (Å²) in [5.41, 5.74) is 0.872. The van der Waals surface area contributed by atoms with Gasteiger partial charge in [-0.3, -0.25) is 9.78 Å². The molecular formula is C18H20N2O5S. The zero-order chi connectivity index (χ0) is 18.4. The molecule has 1 aromatic heterocycles. The summed E-state index contributed by atoms with van der Waals surface area (Å²) in [6.45, 7) is 1.24. The quantitative estimate of drug-likeness (QED) is 0.784. The van der Waals surface area contributed by atoms with Gasteiger partial charge >= 0.3 is 0 Å². The number of amides is 1. The topological polar surface area (TPSA) is 94.6 Å². The maximum absolute atomic E-state index is 12.4. The number of hydrogen-bond donors (Lipinski definition) is 1. The van der Waals surface area contributed by atoms with Crippen molar-refractivity contribution < 1.29 is 22.7 Å². The molecule has 1 amide bonds. The van der Waals surface area contributed by atoms with Crippen molar-refractivity contribution in [2.75, 3.05) is 25.5 Å². The molecule has 8 heteroatoms. The molecule has 2 aromatic rings. The molecule has 2 heterocycles. The van der Waals surface area contributed by atoms with Crippen LogP contribution >= 0.6 is 0 Å². The average Bonchev–Trinajstić information content (AvgIpc) is 2.67. The summed E-state index contributed by atoms with van der Waals surface area (Å²) < 4.78 is 35.6. The van der Waals surface area contributed by atoms with Crippen LogP contribution in [0.2, 0.25) is 0 Å². The summed E-state index contributed by atoms with van der Waals surface area (Å²) in [5, 5.41) is 2.72. The maximum atomic E-state index is 12.4. The molecule has 138 valence electrons. The Labute approximate surface area is 152 Å². The van der Waals surface area contributed by atoms with Crippen LogP contribution in [0.1, 0.15) is 12.1 Å². The minimum atomic E-state index is -3.57. The number of ether oxygens (including phenoxy) is 2. The van der Waals surface area contributed by atoms with Crippen LogP contribution < -0.4 is 14.8 Å². The lowest BCUT2D eigenvalue weighted by atomic mass is 10.2. The summed E-state index contributed by atoms with van der Waals surface area (Å²) in [5.74, 6) is 0.379. The lowest BCUT2D eigenvalue weighted by Crippen LogP contribution is -2.27. The van der Waals surface area contributed by atoms with Crippen LogP contribution in [0, 0.1) is 0 Å². The maximum Gasteiger partial charge on any atom is 0.221 e. The smallest absolute Gasteiger partial charge is 0.221 e. The first-order valence-electron chi connectivity index (χ1n) is 8.34. The van der Waals surface area contributed by atoms with Gasteiger partial charge in [0.1, 0.15) is 13.2 Å². The Kier molecular flexibility index (Phi) is 5.72. The van der Waals surface area contributed by atoms with Crippen molar-refractivity contribution in [2.45, 2.75) is 17.7 Å². The molecule has 3 rings (SSSR count). The van der Waals surface area contributed by atoms with Gasteiger partial charge in [0.25, 0.3) is 0 Å². The van der Waals surface area contributed by atoms with Gasteiger partial charge in [-0.05, 0) is 24.3 Å². The van der Waals surface area contributed by atoms with Crippen LogP contribution in [-0.4, -0.2) is 44.8 Å². The third-order valence-electron chi connectivity index (χ3n) is 3.90. The van der Waals surface area contributed by atoms with E-state index in [2.05, 4.69) is 10.3 Å². The molecule has 0 bridgehead atoms. The summed E-state index contributed by atoms with van der Waals surface area (Å²) in [4.78, 5) is 16.2. The molecule has 1 aliphatic rings. The van der Waals surface area contributed by atoms with Crippen molar-refractivity contribution in [3.05, 3.63) is 48.3 Å². The number of carbonyl (C=O) groups excluding carboxylic acids is 1. The fourth-order valence-electron chi connectivity index (χ4n) is 2.53. The Morgan fingerprint density at radius 1 is 1.12 bits per heavy atom. The number of pyridine rings is 1. The van der Waals surface area contributed by atoms with Gasteiger partial charge < -0.3 is 14.8 Å². The number of carbonyl (C=O) groups is 1. The van der Waals surface area contributed by atoms with Crippen molar-refractivity contribution in [1.29, 1.82) is 0 Å². The molecule has 0 radical (unpaired) electrons. The van der Waals surface area contributed by atoms with Crippen LogP contribution in [0.15, 0.2) is 47.5 Å². The number of rotatable bonds is 7. The predicted molar refractivity (Wildman–Crippen MR) is 95.1 cm³/mol. The molecule has 0 unspecified atom stereocenters. The zero-order valence-electron chi connectivity index (χ0n) is 14.2. The molecule has 26 heavy (non-hydrogen) atoms. The van der Waals surface area contributed by atoms with Crippen molar-refractivity contribution in [3.8, 4) is 11.5 Å². The highest BCUT2D eigenvalue weighted by molar-refractivity contribution is 7.91. The lowest BCUT2D eigenvalue weighted by molar-refractivity contribution is -0.120. The van der Waals surface area contributed by atoms with E-state index < -0.39 is 9.84 Å². The average molecular weight is 376 g/mol. The summed E-state index contributed by atoms with van der Waals surface area (Å²) >= 11 is 0. The molecular weight excluding hydrogens is 356 g/mol. The number of nitrogens with zero attached hydrogens (tertiary/aromatic N) is 1. The molecule has 0 spiro atoms. The summed E-state index contributed by atoms with van der Waals surface area (Å²) in [7, 11) is -3.57. The van der Waals surface area contributed by atoms with Crippen LogP contribution in [0.5, 0.6) is 11.5 Å². The van der Waals surface area contributed by atoms with Crippen molar-refractivity contribution in [2.24, 2.45) is 0 Å². The molecule has 1 N–H and O–H groups in total. The van der Waals surface area contributed by atoms with Gasteiger partial charge in [-0.2, -0.15) is 0 Å². The van der Waals surface area contributed by atoms with Crippen LogP contribution in [0.25, 0.3) is 0 Å². The van der Waals surface area contributed by atoms with Crippen molar-refractivity contribution in [3.63, 3.8) is 0 Å². The Morgan fingerprint density at radius 3 is 2.69 bits per heavy atom. The van der Waals surface area contributed by atoms with E-state index in [4.69, 9.17) is 9.47 Å². The van der Waals surface area contributed by atoms with Gasteiger partial charge in [0.15, 0.2) is 21.3 Å². The molecule has 0 saturated carbocycles. The Hall–Kier alpha value is -2.61. The third-order valence-corrected chi connectivity index (χ3v) is 5.61. The van der Waals surface area contributed by atoms with Crippen LogP contribution in [0.4, 0.5) is 0 Å². The van der Waals surface area contributed by atoms with Gasteiger partial charge in [0, 0.05) is 37.3 Å². The monoisotopic (exact) mass is 376 g/mol. The number of hydrogen-bond acceptors (Lipinski definition) is 6. The van der Waals surface area contributed by atoms with E-state index >= 15 is 0 Å². The van der Waals surface area contributed by atoms with E-state index in [0.29, 0.717) is 37.7 Å². The highest BCUT2D eigenvalue weighted by Crippen LogP contribution is 2.32. The third kappa shape index (κ3) is 4.72. The van der Waals surface area contributed by atoms with E-state index in [9.17, 15) is 13.2 Å². The first kappa shape index (κ1) is 18.2. The minimum Gasteiger partial charge on any atom is -0.486 e. The fourth-order valence-corrected chi connectivity index (χ4v) is 3.78. The largest absolute Gasteiger partial charge is 0.486 e. The second-order valence-electron chi connectivity index (χ2n) is 5.80. The van der Waals surface area contributed by atoms with Crippen molar-refractivity contribution in [1.82, 2.24) is 10.3 Å². The number of sulfone groups is 1. The standard InChI is InChI=1S/C18H20N2O5S/c21-18(20-9-6-14-3-1-2-8-19-14)7-12-26(22,23)15-4-5-16-17(13-15)25-11-10-24-16/h1-5,8,13H,6-7,9-12H2,(H,20,21). The van der Waals surface area contributed by atoms with Crippen LogP contribution in [-0.2, 0) is 21.1 Å². The highest BCUT2D eigenvalue weighted by Gasteiger charge is 2.20. The molecule has 0 fully saturated rings. The molecule has 7 nitrogen and oxygen atoms in total. The SMILES string of the molecule is O=C(CCS(=O)(=O)c1ccc2c(c1)OCCO2)NCCc1ccccn1. The van der Waals surface area contributed by atoms with E-state index in [1.165, 1.54) is 12.1 Å². The van der Waals surface area contributed by atoms with Gasteiger partial charge in [-0.1, -0.05) is 6.07 Å². The van der Waals surface area contributed by atoms with Gasteiger partial charge in [-0.25, -0.2) is 8.42 Å². The highest BCUT2D eigenvalue weighted by atomic mass is 32.2. The normalized spacial score (nSPS) is 13.2. The molecule has 0 atom stereocenters. The number of aromatic nitrogens is 1. The Morgan fingerprint density at radius 2 is 1.92 bits per heavy atom. The summed E-state index contributed by atoms with van der Waals surface area (Å²) in [6.07, 6.45) is 2.19. The first-order valence-corrected chi connectivity index (χ1v) is 9.99. The van der Waals surface area contributed by atoms with E-state index in [0.717, 1.165) is 5.69 Å². The fraction of sp³-hybridized carbons (Fsp3) is 0.333. The van der Waals surface area contributed by atoms with E-state index in [1.54, 1.807) is 12.3 Å². The molecule has 0 aliphatic carbocycles. The summed E-state index contributed by atoms with van der Waals surface area (Å²) in [6, 6.07) is 10.1. The minimum absolute atomic E-state index is 0.0982. The second-order valence-corrected chi connectivity index (χ2v) is 7.90. The van der Waals surface area contributed by atoms with E-state index in [-0.39, 0.29) is 23.0 Å². The lowest BCUT2D eigenvalue weighted by Gasteiger charge is -2.18. The number of nitrogens with one attached hydrogen (secondary N) is 1. The van der Waals surface area contributed by atoms with E-state index in [1.807, 2.05) is 18.2 Å².